The van der Waals surface area contributed by atoms with Gasteiger partial charge in [-0.2, -0.15) is 0 Å². The van der Waals surface area contributed by atoms with Gasteiger partial charge in [-0.05, 0) is 43.7 Å². The average molecular weight is 287 g/mol. The van der Waals surface area contributed by atoms with Crippen molar-refractivity contribution in [2.45, 2.75) is 51.1 Å². The van der Waals surface area contributed by atoms with Gasteiger partial charge in [0.2, 0.25) is 5.91 Å². The number of carbonyl (C=O) groups excluding carboxylic acids is 1. The third-order valence-corrected chi connectivity index (χ3v) is 4.56. The maximum Gasteiger partial charge on any atom is 0.309 e. The van der Waals surface area contributed by atoms with E-state index in [2.05, 4.69) is 12.1 Å². The Bertz CT molecular complexity index is 560. The molecule has 2 atom stereocenters. The normalized spacial score (nSPS) is 25.7. The molecule has 2 aliphatic rings. The van der Waals surface area contributed by atoms with Crippen molar-refractivity contribution >= 4 is 11.9 Å². The number of hydrogen-bond donors (Lipinski definition) is 1. The molecule has 1 aromatic carbocycles. The van der Waals surface area contributed by atoms with E-state index < -0.39 is 11.9 Å². The zero-order valence-corrected chi connectivity index (χ0v) is 12.5. The number of rotatable bonds is 4. The van der Waals surface area contributed by atoms with Crippen molar-refractivity contribution in [1.82, 2.24) is 4.90 Å². The first-order valence-corrected chi connectivity index (χ1v) is 7.63. The van der Waals surface area contributed by atoms with Crippen molar-refractivity contribution < 1.29 is 14.7 Å². The van der Waals surface area contributed by atoms with Gasteiger partial charge in [0.25, 0.3) is 0 Å². The molecule has 1 heterocycles. The molecule has 1 saturated carbocycles. The number of carboxylic acids is 1. The molecule has 1 N–H and O–H groups in total. The Morgan fingerprint density at radius 3 is 2.24 bits per heavy atom. The lowest BCUT2D eigenvalue weighted by atomic mass is 9.92. The molecule has 4 nitrogen and oxygen atoms in total. The van der Waals surface area contributed by atoms with Crippen LogP contribution in [0.15, 0.2) is 24.3 Å². The molecule has 2 unspecified atom stereocenters. The number of aliphatic carboxylic acids is 1. The van der Waals surface area contributed by atoms with Crippen LogP contribution in [0.2, 0.25) is 0 Å². The Morgan fingerprint density at radius 2 is 1.76 bits per heavy atom. The number of amides is 1. The number of likely N-dealkylation sites (tertiary alicyclic amines) is 1. The van der Waals surface area contributed by atoms with Crippen LogP contribution in [0, 0.1) is 5.92 Å². The molecular formula is C17H21NO3. The predicted molar refractivity (Wildman–Crippen MR) is 78.9 cm³/mol. The van der Waals surface area contributed by atoms with Crippen LogP contribution in [0.3, 0.4) is 0 Å². The van der Waals surface area contributed by atoms with Gasteiger partial charge in [-0.1, -0.05) is 24.3 Å². The van der Waals surface area contributed by atoms with Gasteiger partial charge in [-0.3, -0.25) is 9.59 Å². The molecule has 21 heavy (non-hydrogen) atoms. The maximum absolute atomic E-state index is 12.2. The van der Waals surface area contributed by atoms with Crippen molar-refractivity contribution in [3.05, 3.63) is 35.4 Å². The molecule has 1 saturated heterocycles. The summed E-state index contributed by atoms with van der Waals surface area (Å²) in [7, 11) is 0. The maximum atomic E-state index is 12.2. The van der Waals surface area contributed by atoms with Gasteiger partial charge in [0, 0.05) is 12.5 Å². The number of carbonyl (C=O) groups is 2. The highest BCUT2D eigenvalue weighted by atomic mass is 16.4. The SMILES string of the molecule is CC(C)N1C(=O)CC(C(=O)O)C1c1ccc(C2CC2)cc1. The summed E-state index contributed by atoms with van der Waals surface area (Å²) >= 11 is 0. The highest BCUT2D eigenvalue weighted by molar-refractivity contribution is 5.87. The zero-order chi connectivity index (χ0) is 15.1. The van der Waals surface area contributed by atoms with Crippen molar-refractivity contribution in [1.29, 1.82) is 0 Å². The zero-order valence-electron chi connectivity index (χ0n) is 12.5. The molecule has 1 aliphatic heterocycles. The standard InChI is InChI=1S/C17H21NO3/c1-10(2)18-15(19)9-14(17(20)21)16(18)13-7-5-12(6-8-13)11-3-4-11/h5-8,10-11,14,16H,3-4,9H2,1-2H3,(H,20,21). The number of nitrogens with zero attached hydrogens (tertiary/aromatic N) is 1. The molecule has 1 aliphatic carbocycles. The molecule has 0 aromatic heterocycles. The molecule has 0 spiro atoms. The van der Waals surface area contributed by atoms with E-state index >= 15 is 0 Å². The Kier molecular flexibility index (Phi) is 3.47. The molecular weight excluding hydrogens is 266 g/mol. The highest BCUT2D eigenvalue weighted by Gasteiger charge is 2.45. The minimum atomic E-state index is -0.886. The van der Waals surface area contributed by atoms with Crippen LogP contribution in [-0.2, 0) is 9.59 Å². The largest absolute Gasteiger partial charge is 0.481 e. The first kappa shape index (κ1) is 14.1. The summed E-state index contributed by atoms with van der Waals surface area (Å²) < 4.78 is 0. The van der Waals surface area contributed by atoms with Gasteiger partial charge >= 0.3 is 5.97 Å². The second-order valence-corrected chi connectivity index (χ2v) is 6.43. The fourth-order valence-corrected chi connectivity index (χ4v) is 3.36. The van der Waals surface area contributed by atoms with E-state index in [1.165, 1.54) is 18.4 Å². The summed E-state index contributed by atoms with van der Waals surface area (Å²) in [6.45, 7) is 3.88. The lowest BCUT2D eigenvalue weighted by Crippen LogP contribution is -2.36. The summed E-state index contributed by atoms with van der Waals surface area (Å²) in [5.74, 6) is -0.913. The molecule has 1 aromatic rings. The number of hydrogen-bond acceptors (Lipinski definition) is 2. The third-order valence-electron chi connectivity index (χ3n) is 4.56. The quantitative estimate of drug-likeness (QED) is 0.926. The van der Waals surface area contributed by atoms with E-state index in [-0.39, 0.29) is 24.4 Å². The lowest BCUT2D eigenvalue weighted by molar-refractivity contribution is -0.142. The third kappa shape index (κ3) is 2.55. The molecule has 1 amide bonds. The summed E-state index contributed by atoms with van der Waals surface area (Å²) in [6, 6.07) is 7.85. The Morgan fingerprint density at radius 1 is 1.19 bits per heavy atom. The minimum Gasteiger partial charge on any atom is -0.481 e. The summed E-state index contributed by atoms with van der Waals surface area (Å²) in [4.78, 5) is 25.4. The van der Waals surface area contributed by atoms with Crippen LogP contribution < -0.4 is 0 Å². The van der Waals surface area contributed by atoms with Crippen molar-refractivity contribution in [3.63, 3.8) is 0 Å². The van der Waals surface area contributed by atoms with Gasteiger partial charge in [-0.25, -0.2) is 0 Å². The van der Waals surface area contributed by atoms with E-state index in [1.807, 2.05) is 26.0 Å². The van der Waals surface area contributed by atoms with Crippen LogP contribution in [0.1, 0.15) is 56.2 Å². The first-order valence-electron chi connectivity index (χ1n) is 7.63. The van der Waals surface area contributed by atoms with Gasteiger partial charge in [0.1, 0.15) is 0 Å². The average Bonchev–Trinajstić information content (AvgIpc) is 3.21. The molecule has 112 valence electrons. The van der Waals surface area contributed by atoms with Crippen LogP contribution in [0.5, 0.6) is 0 Å². The summed E-state index contributed by atoms with van der Waals surface area (Å²) in [6.07, 6.45) is 2.59. The van der Waals surface area contributed by atoms with Crippen molar-refractivity contribution in [2.24, 2.45) is 5.92 Å². The van der Waals surface area contributed by atoms with E-state index in [0.29, 0.717) is 5.92 Å². The summed E-state index contributed by atoms with van der Waals surface area (Å²) in [5.41, 5.74) is 2.26. The van der Waals surface area contributed by atoms with Crippen LogP contribution >= 0.6 is 0 Å². The number of carboxylic acid groups (broad SMARTS) is 1. The fourth-order valence-electron chi connectivity index (χ4n) is 3.36. The fraction of sp³-hybridized carbons (Fsp3) is 0.529. The monoisotopic (exact) mass is 287 g/mol. The van der Waals surface area contributed by atoms with Crippen LogP contribution in [0.4, 0.5) is 0 Å². The Labute approximate surface area is 124 Å². The van der Waals surface area contributed by atoms with Gasteiger partial charge in [-0.15, -0.1) is 0 Å². The highest BCUT2D eigenvalue weighted by Crippen LogP contribution is 2.43. The minimum absolute atomic E-state index is 0.00922. The first-order chi connectivity index (χ1) is 9.99. The number of benzene rings is 1. The van der Waals surface area contributed by atoms with E-state index in [0.717, 1.165) is 5.56 Å². The van der Waals surface area contributed by atoms with E-state index in [1.54, 1.807) is 4.90 Å². The topological polar surface area (TPSA) is 57.6 Å². The van der Waals surface area contributed by atoms with E-state index in [4.69, 9.17) is 0 Å². The van der Waals surface area contributed by atoms with Crippen LogP contribution in [0.25, 0.3) is 0 Å². The van der Waals surface area contributed by atoms with E-state index in [9.17, 15) is 14.7 Å². The van der Waals surface area contributed by atoms with Gasteiger partial charge in [0.15, 0.2) is 0 Å². The molecule has 3 rings (SSSR count). The Hall–Kier alpha value is -1.84. The predicted octanol–water partition coefficient (Wildman–Crippen LogP) is 2.95. The molecule has 4 heteroatoms. The second kappa shape index (κ2) is 5.17. The Balaban J connectivity index is 1.93. The molecule has 2 fully saturated rings. The second-order valence-electron chi connectivity index (χ2n) is 6.43. The van der Waals surface area contributed by atoms with Gasteiger partial charge < -0.3 is 10.0 Å². The van der Waals surface area contributed by atoms with Crippen molar-refractivity contribution in [3.8, 4) is 0 Å². The molecule has 0 radical (unpaired) electrons. The van der Waals surface area contributed by atoms with Crippen LogP contribution in [-0.4, -0.2) is 27.9 Å². The van der Waals surface area contributed by atoms with Crippen molar-refractivity contribution in [2.75, 3.05) is 0 Å². The smallest absolute Gasteiger partial charge is 0.309 e. The lowest BCUT2D eigenvalue weighted by Gasteiger charge is -2.30. The summed E-state index contributed by atoms with van der Waals surface area (Å²) in [5, 5.41) is 9.44. The van der Waals surface area contributed by atoms with Gasteiger partial charge in [0.05, 0.1) is 12.0 Å². The molecule has 0 bridgehead atoms.